The van der Waals surface area contributed by atoms with Gasteiger partial charge in [0.15, 0.2) is 5.75 Å². The molecule has 9 aromatic rings. The Morgan fingerprint density at radius 1 is 0.514 bits per heavy atom. The van der Waals surface area contributed by atoms with Crippen LogP contribution in [-0.2, 0) is 42.7 Å². The predicted octanol–water partition coefficient (Wildman–Crippen LogP) is 14.5. The zero-order valence-electron chi connectivity index (χ0n) is 43.4. The van der Waals surface area contributed by atoms with E-state index >= 15 is 0 Å². The Morgan fingerprint density at radius 3 is 1.75 bits per heavy atom. The van der Waals surface area contributed by atoms with Crippen LogP contribution in [0.3, 0.4) is 0 Å². The molecule has 364 valence electrons. The molecule has 0 saturated heterocycles. The van der Waals surface area contributed by atoms with Crippen molar-refractivity contribution in [2.24, 2.45) is 0 Å². The largest absolute Gasteiger partial charge is 0.507 e. The summed E-state index contributed by atoms with van der Waals surface area (Å²) in [5.41, 5.74) is 15.3. The van der Waals surface area contributed by atoms with Gasteiger partial charge in [-0.1, -0.05) is 179 Å². The van der Waals surface area contributed by atoms with E-state index in [1.807, 2.05) is 18.2 Å². The Hall–Kier alpha value is -6.69. The van der Waals surface area contributed by atoms with E-state index in [0.29, 0.717) is 5.82 Å². The van der Waals surface area contributed by atoms with Gasteiger partial charge in [0.1, 0.15) is 28.5 Å². The average Bonchev–Trinajstić information content (AvgIpc) is 3.72. The maximum absolute atomic E-state index is 12.2. The number of nitrogens with zero attached hydrogens (tertiary/aromatic N) is 3. The number of benzene rings is 7. The van der Waals surface area contributed by atoms with Crippen molar-refractivity contribution in [3.63, 3.8) is 0 Å². The van der Waals surface area contributed by atoms with E-state index in [-0.39, 0.29) is 55.2 Å². The Labute approximate surface area is 439 Å². The molecule has 2 aromatic heterocycles. The monoisotopic (exact) mass is 1130 g/mol. The number of ether oxygens (including phenoxy) is 2. The molecule has 7 aromatic carbocycles. The first-order chi connectivity index (χ1) is 33.6. The molecule has 0 bridgehead atoms. The summed E-state index contributed by atoms with van der Waals surface area (Å²) < 4.78 is 16.3. The predicted molar refractivity (Wildman–Crippen MR) is 294 cm³/mol. The third-order valence-corrected chi connectivity index (χ3v) is 14.3. The topological polar surface area (TPSA) is 69.4 Å². The van der Waals surface area contributed by atoms with Gasteiger partial charge in [-0.05, 0) is 91.2 Å². The summed E-state index contributed by atoms with van der Waals surface area (Å²) >= 11 is 0. The van der Waals surface area contributed by atoms with Crippen molar-refractivity contribution in [1.29, 1.82) is 0 Å². The van der Waals surface area contributed by atoms with Crippen molar-refractivity contribution in [3.05, 3.63) is 174 Å². The summed E-state index contributed by atoms with van der Waals surface area (Å²) in [4.78, 5) is 11.0. The fourth-order valence-corrected chi connectivity index (χ4v) is 10.3. The molecule has 11 rings (SSSR count). The maximum Gasteiger partial charge on any atom is 0.260 e. The quantitative estimate of drug-likeness (QED) is 0.137. The number of phenols is 1. The van der Waals surface area contributed by atoms with Crippen molar-refractivity contribution in [2.75, 3.05) is 0 Å². The van der Waals surface area contributed by atoms with Gasteiger partial charge in [-0.2, -0.15) is 0 Å². The molecule has 8 heteroatoms. The van der Waals surface area contributed by atoms with Crippen LogP contribution >= 0.6 is 0 Å². The van der Waals surface area contributed by atoms with Gasteiger partial charge >= 0.3 is 0 Å². The van der Waals surface area contributed by atoms with Crippen molar-refractivity contribution in [2.45, 2.75) is 105 Å². The fourth-order valence-electron chi connectivity index (χ4n) is 10.3. The summed E-state index contributed by atoms with van der Waals surface area (Å²) in [6.07, 6.45) is 0. The molecular formula is C64H61BN3O3Pt-. The molecule has 6 nitrogen and oxygen atoms in total. The number of para-hydroxylation sites is 2. The number of phenolic OH excluding ortho intramolecular Hbond substituents is 1. The van der Waals surface area contributed by atoms with Crippen LogP contribution in [0.4, 0.5) is 0 Å². The van der Waals surface area contributed by atoms with Gasteiger partial charge in [0.05, 0.1) is 17.0 Å². The van der Waals surface area contributed by atoms with Crippen molar-refractivity contribution in [3.8, 4) is 79.5 Å². The minimum atomic E-state index is -0.297. The summed E-state index contributed by atoms with van der Waals surface area (Å²) in [6.45, 7) is 26.4. The Morgan fingerprint density at radius 2 is 1.10 bits per heavy atom. The second kappa shape index (κ2) is 17.5. The van der Waals surface area contributed by atoms with Crippen molar-refractivity contribution < 1.29 is 35.6 Å². The van der Waals surface area contributed by atoms with Crippen LogP contribution in [-0.4, -0.2) is 26.4 Å². The number of fused-ring (bicyclic) bond motifs is 6. The van der Waals surface area contributed by atoms with Crippen LogP contribution in [0.2, 0.25) is 0 Å². The Kier molecular flexibility index (Phi) is 11.9. The number of hydrogen-bond donors (Lipinski definition) is 1. The fraction of sp³-hybridized carbons (Fsp3) is 0.250. The summed E-state index contributed by atoms with van der Waals surface area (Å²) in [5, 5.41) is 12.2. The standard InChI is InChI=1S/C64H61BN3O3.Pt/c1-61(2,3)41-29-30-52(44(32-41)38-21-14-13-15-22-38)68-57-51(37-55-56-59(57)71-54-28-19-17-26-48(54)65(56)47-25-16-18-27-53(47)70-55)67-60(68)40-24-20-23-39(31-40)49-35-43(63(7,8)9)36-50(66-49)45-33-42(62(4,5)6)34-46(58(45)69)64(10,11)12;/h13-30,32-37,69H,1-12H3;/q-1;. The molecule has 72 heavy (non-hydrogen) atoms. The molecule has 0 aliphatic carbocycles. The molecule has 2 aliphatic heterocycles. The number of aromatic nitrogens is 3. The van der Waals surface area contributed by atoms with E-state index in [9.17, 15) is 5.11 Å². The van der Waals surface area contributed by atoms with Gasteiger partial charge in [0, 0.05) is 60.7 Å². The Balaban J connectivity index is 0.00000596. The first kappa shape index (κ1) is 48.9. The normalized spacial score (nSPS) is 13.1. The second-order valence-corrected chi connectivity index (χ2v) is 23.6. The molecule has 0 unspecified atom stereocenters. The van der Waals surface area contributed by atoms with E-state index < -0.39 is 0 Å². The summed E-state index contributed by atoms with van der Waals surface area (Å²) in [6, 6.07) is 54.9. The Bertz CT molecular complexity index is 3590. The smallest absolute Gasteiger partial charge is 0.260 e. The zero-order chi connectivity index (χ0) is 49.9. The third-order valence-electron chi connectivity index (χ3n) is 14.3. The van der Waals surface area contributed by atoms with Crippen LogP contribution < -0.4 is 25.9 Å². The summed E-state index contributed by atoms with van der Waals surface area (Å²) in [5.74, 6) is 4.06. The van der Waals surface area contributed by atoms with Crippen LogP contribution in [0.15, 0.2) is 146 Å². The van der Waals surface area contributed by atoms with Gasteiger partial charge in [0.2, 0.25) is 0 Å². The molecule has 0 atom stereocenters. The molecule has 0 radical (unpaired) electrons. The van der Waals surface area contributed by atoms with Crippen LogP contribution in [0.1, 0.15) is 105 Å². The number of imidazole rings is 1. The van der Waals surface area contributed by atoms with Gasteiger partial charge in [-0.25, -0.2) is 0 Å². The van der Waals surface area contributed by atoms with Crippen LogP contribution in [0.5, 0.6) is 28.7 Å². The van der Waals surface area contributed by atoms with Gasteiger partial charge in [-0.15, -0.1) is 24.3 Å². The first-order valence-corrected chi connectivity index (χ1v) is 24.9. The minimum Gasteiger partial charge on any atom is -0.507 e. The summed E-state index contributed by atoms with van der Waals surface area (Å²) in [7, 11) is 0. The number of rotatable bonds is 5. The minimum absolute atomic E-state index is 0. The van der Waals surface area contributed by atoms with E-state index in [0.717, 1.165) is 112 Å². The van der Waals surface area contributed by atoms with Crippen molar-refractivity contribution in [1.82, 2.24) is 14.5 Å². The average molecular weight is 1130 g/mol. The maximum atomic E-state index is 12.2. The number of pyridine rings is 1. The van der Waals surface area contributed by atoms with Gasteiger partial charge < -0.3 is 19.1 Å². The molecular weight excluding hydrogens is 1060 g/mol. The molecule has 0 amide bonds. The zero-order valence-corrected chi connectivity index (χ0v) is 45.6. The van der Waals surface area contributed by atoms with Crippen LogP contribution in [0, 0.1) is 6.07 Å². The number of aromatic hydroxyl groups is 1. The van der Waals surface area contributed by atoms with E-state index in [4.69, 9.17) is 19.4 Å². The van der Waals surface area contributed by atoms with E-state index in [1.165, 1.54) is 5.56 Å². The van der Waals surface area contributed by atoms with Gasteiger partial charge in [0.25, 0.3) is 6.71 Å². The molecule has 0 fully saturated rings. The SMILES string of the molecule is CC(C)(C)c1cc(-c2[c-]c(-c3nc4cc5c6c(c4n3-c3ccc(C(C)(C)C)cc3-c3ccccc3)Oc3ccccc3B6c3ccccc3O5)ccc2)nc(-c2cc(C(C)(C)C)cc(C(C)(C)C)c2O)c1.[Pt]. The van der Waals surface area contributed by atoms with Crippen LogP contribution in [0.25, 0.3) is 61.8 Å². The van der Waals surface area contributed by atoms with E-state index in [2.05, 4.69) is 221 Å². The first-order valence-electron chi connectivity index (χ1n) is 24.9. The van der Waals surface area contributed by atoms with Crippen molar-refractivity contribution >= 4 is 34.1 Å². The molecule has 2 aliphatic rings. The number of hydrogen-bond acceptors (Lipinski definition) is 5. The molecule has 4 heterocycles. The second-order valence-electron chi connectivity index (χ2n) is 23.6. The molecule has 1 N–H and O–H groups in total. The van der Waals surface area contributed by atoms with Gasteiger partial charge in [-0.3, -0.25) is 9.97 Å². The van der Waals surface area contributed by atoms with E-state index in [1.54, 1.807) is 0 Å². The molecule has 0 spiro atoms. The third kappa shape index (κ3) is 8.48. The molecule has 0 saturated carbocycles.